The smallest absolute Gasteiger partial charge is 0.322 e. The van der Waals surface area contributed by atoms with Crippen LogP contribution >= 0.6 is 11.6 Å². The zero-order chi connectivity index (χ0) is 34.8. The number of hydrogen-bond donors (Lipinski definition) is 5. The Morgan fingerprint density at radius 3 is 1.98 bits per heavy atom. The number of aliphatic hydroxyl groups is 2. The van der Waals surface area contributed by atoms with Crippen LogP contribution in [-0.2, 0) is 40.0 Å². The van der Waals surface area contributed by atoms with Gasteiger partial charge in [-0.15, -0.1) is 0 Å². The zero-order valence-electron chi connectivity index (χ0n) is 27.7. The first-order chi connectivity index (χ1) is 24.1. The normalized spacial score (nSPS) is 24.4. The van der Waals surface area contributed by atoms with Crippen LogP contribution in [0.5, 0.6) is 0 Å². The molecule has 6 heterocycles. The highest BCUT2D eigenvalue weighted by Crippen LogP contribution is 2.46. The lowest BCUT2D eigenvalue weighted by atomic mass is 9.77. The second-order valence-electron chi connectivity index (χ2n) is 14.0. The third-order valence-corrected chi connectivity index (χ3v) is 14.0. The van der Waals surface area contributed by atoms with Crippen molar-refractivity contribution in [3.05, 3.63) is 46.5 Å². The van der Waals surface area contributed by atoms with E-state index in [1.807, 2.05) is 30.1 Å². The molecule has 0 bridgehead atoms. The maximum absolute atomic E-state index is 12.7. The minimum Gasteiger partial charge on any atom is -0.394 e. The van der Waals surface area contributed by atoms with E-state index in [1.165, 1.54) is 0 Å². The number of urea groups is 1. The molecular formula is C33H40ClN9O5S2. The molecule has 2 amide bonds. The Bertz CT molecular complexity index is 1920. The van der Waals surface area contributed by atoms with E-state index in [9.17, 15) is 23.4 Å². The van der Waals surface area contributed by atoms with Crippen LogP contribution in [0.25, 0.3) is 0 Å². The monoisotopic (exact) mass is 741 g/mol. The molecule has 1 saturated heterocycles. The molecule has 1 aromatic carbocycles. The van der Waals surface area contributed by atoms with Crippen molar-refractivity contribution in [3.63, 3.8) is 0 Å². The number of carbonyl (C=O) groups excluding carboxylic acids is 1. The van der Waals surface area contributed by atoms with E-state index in [-0.39, 0.29) is 41.1 Å². The molecule has 5 N–H and O–H groups in total. The van der Waals surface area contributed by atoms with E-state index in [4.69, 9.17) is 21.6 Å². The summed E-state index contributed by atoms with van der Waals surface area (Å²) >= 11 is 5.85. The van der Waals surface area contributed by atoms with Crippen LogP contribution in [0.3, 0.4) is 0 Å². The van der Waals surface area contributed by atoms with Crippen molar-refractivity contribution in [3.8, 4) is 0 Å². The number of anilines is 4. The summed E-state index contributed by atoms with van der Waals surface area (Å²) < 4.78 is 24.5. The third-order valence-electron chi connectivity index (χ3n) is 10.9. The van der Waals surface area contributed by atoms with Gasteiger partial charge in [0.25, 0.3) is 0 Å². The number of aromatic nitrogens is 4. The van der Waals surface area contributed by atoms with Gasteiger partial charge in [-0.05, 0) is 56.2 Å². The number of amides is 2. The Morgan fingerprint density at radius 2 is 1.40 bits per heavy atom. The lowest BCUT2D eigenvalue weighted by Crippen LogP contribution is -2.57. The molecule has 3 aromatic rings. The Balaban J connectivity index is 0.000000178. The predicted molar refractivity (Wildman–Crippen MR) is 191 cm³/mol. The topological polar surface area (TPSA) is 186 Å². The molecule has 266 valence electrons. The molecule has 9 rings (SSSR count). The summed E-state index contributed by atoms with van der Waals surface area (Å²) in [5.74, 6) is 2.91. The number of aryl methyl sites for hydroxylation is 2. The molecule has 2 unspecified atom stereocenters. The van der Waals surface area contributed by atoms with Gasteiger partial charge in [-0.1, -0.05) is 18.2 Å². The van der Waals surface area contributed by atoms with E-state index in [2.05, 4.69) is 36.9 Å². The number of nitrogens with zero attached hydrogens (tertiary/aromatic N) is 6. The van der Waals surface area contributed by atoms with Crippen LogP contribution in [0.15, 0.2) is 34.1 Å². The van der Waals surface area contributed by atoms with Gasteiger partial charge in [0.15, 0.2) is 0 Å². The maximum Gasteiger partial charge on any atom is 0.322 e. The van der Waals surface area contributed by atoms with Crippen molar-refractivity contribution >= 4 is 62.5 Å². The van der Waals surface area contributed by atoms with Gasteiger partial charge >= 0.3 is 6.03 Å². The van der Waals surface area contributed by atoms with Crippen molar-refractivity contribution in [2.24, 2.45) is 0 Å². The molecule has 2 aromatic heterocycles. The van der Waals surface area contributed by atoms with Gasteiger partial charge in [-0.2, -0.15) is 9.97 Å². The van der Waals surface area contributed by atoms with Crippen molar-refractivity contribution < 1.29 is 23.4 Å². The average Bonchev–Trinajstić information content (AvgIpc) is 4.01. The van der Waals surface area contributed by atoms with Gasteiger partial charge in [0, 0.05) is 55.7 Å². The summed E-state index contributed by atoms with van der Waals surface area (Å²) in [7, 11) is -0.298. The van der Waals surface area contributed by atoms with Crippen molar-refractivity contribution in [2.75, 3.05) is 65.7 Å². The molecule has 6 aliphatic rings. The number of fused-ring (bicyclic) bond motifs is 4. The number of carbonyl (C=O) groups is 1. The van der Waals surface area contributed by atoms with Gasteiger partial charge in [-0.3, -0.25) is 8.42 Å². The van der Waals surface area contributed by atoms with E-state index in [1.54, 1.807) is 0 Å². The van der Waals surface area contributed by atoms with Crippen LogP contribution in [0, 0.1) is 0 Å². The highest BCUT2D eigenvalue weighted by molar-refractivity contribution is 7.85. The molecule has 1 spiro atoms. The first-order valence-corrected chi connectivity index (χ1v) is 20.0. The number of benzene rings is 1. The number of aliphatic hydroxyl groups excluding tert-OH is 2. The Kier molecular flexibility index (Phi) is 8.52. The number of rotatable bonds is 7. The molecule has 2 aliphatic carbocycles. The van der Waals surface area contributed by atoms with Crippen LogP contribution in [0.4, 0.5) is 28.1 Å². The number of piperidine rings is 1. The fourth-order valence-corrected chi connectivity index (χ4v) is 10.2. The summed E-state index contributed by atoms with van der Waals surface area (Å²) in [5.41, 5.74) is 2.64. The SMILES string of the molecule is CN1C(=O)Nc2ccccc2C12CCN(c1nc3c(c(NC4(CO)CC4)n1)S(=O)CC3)CC2.O=S1CCc2nc(Cl)nc(NC3(CO)CC3)c21. The van der Waals surface area contributed by atoms with Crippen molar-refractivity contribution in [2.45, 2.75) is 77.8 Å². The quantitative estimate of drug-likeness (QED) is 0.224. The predicted octanol–water partition coefficient (Wildman–Crippen LogP) is 2.78. The minimum absolute atomic E-state index is 0.0355. The largest absolute Gasteiger partial charge is 0.394 e. The molecule has 2 atom stereocenters. The van der Waals surface area contributed by atoms with Crippen LogP contribution in [0.2, 0.25) is 5.28 Å². The first-order valence-electron chi connectivity index (χ1n) is 17.0. The number of hydrogen-bond acceptors (Lipinski definition) is 12. The average molecular weight is 742 g/mol. The van der Waals surface area contributed by atoms with Gasteiger partial charge in [0.05, 0.1) is 62.8 Å². The lowest BCUT2D eigenvalue weighted by molar-refractivity contribution is 0.113. The molecule has 17 heteroatoms. The molecule has 2 saturated carbocycles. The Morgan fingerprint density at radius 1 is 0.840 bits per heavy atom. The van der Waals surface area contributed by atoms with Crippen molar-refractivity contribution in [1.82, 2.24) is 24.8 Å². The van der Waals surface area contributed by atoms with Gasteiger partial charge in [0.2, 0.25) is 11.2 Å². The van der Waals surface area contributed by atoms with Crippen molar-refractivity contribution in [1.29, 1.82) is 0 Å². The second-order valence-corrected chi connectivity index (χ2v) is 17.4. The summed E-state index contributed by atoms with van der Waals surface area (Å²) in [5, 5.41) is 28.8. The first kappa shape index (κ1) is 33.7. The third kappa shape index (κ3) is 5.91. The molecular weight excluding hydrogens is 702 g/mol. The molecule has 14 nitrogen and oxygen atoms in total. The molecule has 0 radical (unpaired) electrons. The van der Waals surface area contributed by atoms with E-state index >= 15 is 0 Å². The summed E-state index contributed by atoms with van der Waals surface area (Å²) in [6.45, 7) is 1.50. The lowest BCUT2D eigenvalue weighted by Gasteiger charge is -2.50. The summed E-state index contributed by atoms with van der Waals surface area (Å²) in [6, 6.07) is 7.96. The molecule has 50 heavy (non-hydrogen) atoms. The fourth-order valence-electron chi connectivity index (χ4n) is 7.36. The summed E-state index contributed by atoms with van der Waals surface area (Å²) in [4.78, 5) is 35.9. The maximum atomic E-state index is 12.7. The Hall–Kier alpha value is -3.44. The number of halogens is 1. The highest BCUT2D eigenvalue weighted by Gasteiger charge is 2.48. The number of nitrogens with one attached hydrogen (secondary N) is 3. The van der Waals surface area contributed by atoms with Crippen LogP contribution in [0.1, 0.15) is 55.5 Å². The minimum atomic E-state index is -1.11. The molecule has 3 fully saturated rings. The van der Waals surface area contributed by atoms with Crippen LogP contribution < -0.4 is 20.9 Å². The fraction of sp³-hybridized carbons (Fsp3) is 0.545. The second kappa shape index (κ2) is 12.7. The van der Waals surface area contributed by atoms with E-state index in [0.29, 0.717) is 64.8 Å². The van der Waals surface area contributed by atoms with Gasteiger partial charge in [-0.25, -0.2) is 14.8 Å². The number of para-hydroxylation sites is 1. The van der Waals surface area contributed by atoms with Gasteiger partial charge in [0.1, 0.15) is 21.4 Å². The van der Waals surface area contributed by atoms with E-state index < -0.39 is 21.6 Å². The Labute approximate surface area is 299 Å². The zero-order valence-corrected chi connectivity index (χ0v) is 30.1. The standard InChI is InChI=1S/C23H28N6O3S.C10H12ClN3O2S/c1-28-21(31)25-16-5-3-2-4-15(16)23(28)9-11-29(12-10-23)20-24-17-6-13-33(32)18(17)19(26-20)27-22(14-30)7-8-22;11-9-12-6-1-4-17(16)7(6)8(13-9)14-10(5-15)2-3-10/h2-5,30H,6-14H2,1H3,(H,25,31)(H,24,26,27);15H,1-5H2,(H,12,13,14). The van der Waals surface area contributed by atoms with E-state index in [0.717, 1.165) is 61.2 Å². The highest BCUT2D eigenvalue weighted by atomic mass is 35.5. The molecule has 4 aliphatic heterocycles. The van der Waals surface area contributed by atoms with Crippen LogP contribution in [-0.4, -0.2) is 105 Å². The summed E-state index contributed by atoms with van der Waals surface area (Å²) in [6.07, 6.45) is 6.43. The van der Waals surface area contributed by atoms with Gasteiger partial charge < -0.3 is 36.0 Å².